The van der Waals surface area contributed by atoms with Crippen molar-refractivity contribution >= 4 is 0 Å². The summed E-state index contributed by atoms with van der Waals surface area (Å²) in [5.41, 5.74) is 1.52. The van der Waals surface area contributed by atoms with Crippen LogP contribution in [-0.2, 0) is 6.42 Å². The van der Waals surface area contributed by atoms with Crippen molar-refractivity contribution in [3.05, 3.63) is 24.0 Å². The fourth-order valence-electron chi connectivity index (χ4n) is 2.18. The number of aryl methyl sites for hydroxylation is 1. The number of nitrogens with one attached hydrogen (secondary N) is 1. The minimum Gasteiger partial charge on any atom is -0.495 e. The molecule has 1 unspecified atom stereocenters. The van der Waals surface area contributed by atoms with Crippen LogP contribution in [0.3, 0.4) is 0 Å². The fourth-order valence-corrected chi connectivity index (χ4v) is 2.18. The molecule has 0 spiro atoms. The zero-order chi connectivity index (χ0) is 14.3. The monoisotopic (exact) mass is 264 g/mol. The summed E-state index contributed by atoms with van der Waals surface area (Å²) in [5.74, 6) is 0.839. The average Bonchev–Trinajstić information content (AvgIpc) is 2.37. The van der Waals surface area contributed by atoms with Gasteiger partial charge in [-0.1, -0.05) is 27.7 Å². The number of hydrogen-bond acceptors (Lipinski definition) is 3. The van der Waals surface area contributed by atoms with E-state index >= 15 is 0 Å². The van der Waals surface area contributed by atoms with Crippen LogP contribution in [0.15, 0.2) is 18.5 Å². The van der Waals surface area contributed by atoms with Crippen LogP contribution in [-0.4, -0.2) is 24.7 Å². The molecule has 1 N–H and O–H groups in total. The van der Waals surface area contributed by atoms with Crippen molar-refractivity contribution in [1.29, 1.82) is 0 Å². The summed E-state index contributed by atoms with van der Waals surface area (Å²) in [6.07, 6.45) is 7.01. The summed E-state index contributed by atoms with van der Waals surface area (Å²) < 4.78 is 5.22. The zero-order valence-corrected chi connectivity index (χ0v) is 13.0. The molecule has 0 aliphatic heterocycles. The first kappa shape index (κ1) is 16.0. The molecule has 1 atom stereocenters. The molecule has 108 valence electrons. The Kier molecular flexibility index (Phi) is 6.29. The maximum absolute atomic E-state index is 5.22. The summed E-state index contributed by atoms with van der Waals surface area (Å²) in [6, 6.07) is 2.60. The summed E-state index contributed by atoms with van der Waals surface area (Å²) in [7, 11) is 1.68. The molecule has 0 aliphatic rings. The van der Waals surface area contributed by atoms with E-state index in [1.807, 2.05) is 6.20 Å². The first-order valence-electron chi connectivity index (χ1n) is 7.18. The van der Waals surface area contributed by atoms with Gasteiger partial charge in [0.2, 0.25) is 0 Å². The van der Waals surface area contributed by atoms with Crippen LogP contribution in [0.1, 0.15) is 46.1 Å². The van der Waals surface area contributed by atoms with Gasteiger partial charge in [-0.05, 0) is 42.9 Å². The summed E-state index contributed by atoms with van der Waals surface area (Å²) in [5, 5.41) is 3.66. The van der Waals surface area contributed by atoms with Crippen molar-refractivity contribution in [1.82, 2.24) is 10.3 Å². The molecule has 0 saturated carbocycles. The molecule has 19 heavy (non-hydrogen) atoms. The molecular weight excluding hydrogens is 236 g/mol. The highest BCUT2D eigenvalue weighted by atomic mass is 16.5. The first-order chi connectivity index (χ1) is 8.97. The molecule has 0 radical (unpaired) electrons. The van der Waals surface area contributed by atoms with E-state index in [1.54, 1.807) is 13.3 Å². The van der Waals surface area contributed by atoms with Crippen molar-refractivity contribution in [3.63, 3.8) is 0 Å². The second-order valence-corrected chi connectivity index (χ2v) is 6.14. The van der Waals surface area contributed by atoms with Crippen LogP contribution in [0.4, 0.5) is 0 Å². The molecular formula is C16H28N2O. The third kappa shape index (κ3) is 5.60. The Morgan fingerprint density at radius 3 is 2.63 bits per heavy atom. The molecule has 1 aromatic heterocycles. The largest absolute Gasteiger partial charge is 0.495 e. The standard InChI is InChI=1S/C16H28N2O/c1-6-9-18-15(16(2,3)4)8-7-13-10-14(19-5)12-17-11-13/h10-12,15,18H,6-9H2,1-5H3. The maximum Gasteiger partial charge on any atom is 0.137 e. The van der Waals surface area contributed by atoms with Gasteiger partial charge in [0.25, 0.3) is 0 Å². The number of ether oxygens (including phenoxy) is 1. The quantitative estimate of drug-likeness (QED) is 0.819. The summed E-state index contributed by atoms with van der Waals surface area (Å²) in [4.78, 5) is 4.21. The number of methoxy groups -OCH3 is 1. The Bertz CT molecular complexity index is 371. The van der Waals surface area contributed by atoms with E-state index in [-0.39, 0.29) is 5.41 Å². The minimum absolute atomic E-state index is 0.279. The first-order valence-corrected chi connectivity index (χ1v) is 7.18. The highest BCUT2D eigenvalue weighted by Gasteiger charge is 2.23. The lowest BCUT2D eigenvalue weighted by molar-refractivity contribution is 0.255. The van der Waals surface area contributed by atoms with Gasteiger partial charge >= 0.3 is 0 Å². The third-order valence-electron chi connectivity index (χ3n) is 3.41. The van der Waals surface area contributed by atoms with Gasteiger partial charge in [-0.3, -0.25) is 4.98 Å². The number of aromatic nitrogens is 1. The van der Waals surface area contributed by atoms with Crippen LogP contribution in [0.2, 0.25) is 0 Å². The highest BCUT2D eigenvalue weighted by Crippen LogP contribution is 2.23. The van der Waals surface area contributed by atoms with Crippen LogP contribution >= 0.6 is 0 Å². The normalized spacial score (nSPS) is 13.3. The lowest BCUT2D eigenvalue weighted by Gasteiger charge is -2.32. The molecule has 3 heteroatoms. The lowest BCUT2D eigenvalue weighted by atomic mass is 9.83. The number of hydrogen-bond donors (Lipinski definition) is 1. The van der Waals surface area contributed by atoms with E-state index in [1.165, 1.54) is 12.0 Å². The molecule has 0 bridgehead atoms. The number of nitrogens with zero attached hydrogens (tertiary/aromatic N) is 1. The van der Waals surface area contributed by atoms with Crippen molar-refractivity contribution in [2.24, 2.45) is 5.41 Å². The minimum atomic E-state index is 0.279. The summed E-state index contributed by atoms with van der Waals surface area (Å²) >= 11 is 0. The molecule has 0 aliphatic carbocycles. The van der Waals surface area contributed by atoms with Gasteiger partial charge in [0.15, 0.2) is 0 Å². The van der Waals surface area contributed by atoms with Gasteiger partial charge < -0.3 is 10.1 Å². The molecule has 0 fully saturated rings. The van der Waals surface area contributed by atoms with E-state index in [4.69, 9.17) is 4.74 Å². The molecule has 0 saturated heterocycles. The van der Waals surface area contributed by atoms with Crippen LogP contribution < -0.4 is 10.1 Å². The smallest absolute Gasteiger partial charge is 0.137 e. The van der Waals surface area contributed by atoms with E-state index in [0.29, 0.717) is 6.04 Å². The van der Waals surface area contributed by atoms with Crippen LogP contribution in [0.25, 0.3) is 0 Å². The van der Waals surface area contributed by atoms with Crippen LogP contribution in [0.5, 0.6) is 5.75 Å². The van der Waals surface area contributed by atoms with E-state index in [2.05, 4.69) is 44.1 Å². The topological polar surface area (TPSA) is 34.2 Å². The van der Waals surface area contributed by atoms with Crippen molar-refractivity contribution in [3.8, 4) is 5.75 Å². The third-order valence-corrected chi connectivity index (χ3v) is 3.41. The second-order valence-electron chi connectivity index (χ2n) is 6.14. The molecule has 1 aromatic rings. The van der Waals surface area contributed by atoms with Crippen molar-refractivity contribution < 1.29 is 4.74 Å². The molecule has 0 amide bonds. The Morgan fingerprint density at radius 2 is 2.05 bits per heavy atom. The number of rotatable bonds is 7. The predicted molar refractivity (Wildman–Crippen MR) is 80.6 cm³/mol. The SMILES string of the molecule is CCCNC(CCc1cncc(OC)c1)C(C)(C)C. The second kappa shape index (κ2) is 7.49. The van der Waals surface area contributed by atoms with Crippen molar-refractivity contribution in [2.75, 3.05) is 13.7 Å². The average molecular weight is 264 g/mol. The lowest BCUT2D eigenvalue weighted by Crippen LogP contribution is -2.41. The number of pyridine rings is 1. The predicted octanol–water partition coefficient (Wildman–Crippen LogP) is 3.44. The van der Waals surface area contributed by atoms with E-state index < -0.39 is 0 Å². The van der Waals surface area contributed by atoms with E-state index in [9.17, 15) is 0 Å². The van der Waals surface area contributed by atoms with Crippen LogP contribution in [0, 0.1) is 5.41 Å². The molecule has 3 nitrogen and oxygen atoms in total. The molecule has 1 heterocycles. The van der Waals surface area contributed by atoms with Gasteiger partial charge in [0.05, 0.1) is 13.3 Å². The summed E-state index contributed by atoms with van der Waals surface area (Å²) in [6.45, 7) is 10.2. The van der Waals surface area contributed by atoms with Gasteiger partial charge in [0.1, 0.15) is 5.75 Å². The fraction of sp³-hybridized carbons (Fsp3) is 0.688. The molecule has 1 rings (SSSR count). The van der Waals surface area contributed by atoms with Gasteiger partial charge in [-0.2, -0.15) is 0 Å². The van der Waals surface area contributed by atoms with Gasteiger partial charge in [-0.15, -0.1) is 0 Å². The van der Waals surface area contributed by atoms with Gasteiger partial charge in [-0.25, -0.2) is 0 Å². The Hall–Kier alpha value is -1.09. The Morgan fingerprint density at radius 1 is 1.32 bits per heavy atom. The highest BCUT2D eigenvalue weighted by molar-refractivity contribution is 5.23. The molecule has 0 aromatic carbocycles. The van der Waals surface area contributed by atoms with Crippen molar-refractivity contribution in [2.45, 2.75) is 53.0 Å². The van der Waals surface area contributed by atoms with Gasteiger partial charge in [0, 0.05) is 12.2 Å². The Balaban J connectivity index is 2.59. The zero-order valence-electron chi connectivity index (χ0n) is 13.0. The Labute approximate surface area is 117 Å². The maximum atomic E-state index is 5.22. The van der Waals surface area contributed by atoms with E-state index in [0.717, 1.165) is 25.1 Å².